The SMILES string of the molecule is Cc1ccc(C(=O)N/N=C(\CCC(=O)O)c2ccccc2)cc1C. The number of carboxylic acid groups (broad SMARTS) is 1. The Bertz CT molecular complexity index is 767. The Balaban J connectivity index is 2.18. The van der Waals surface area contributed by atoms with Gasteiger partial charge in [0.2, 0.25) is 0 Å². The third kappa shape index (κ3) is 4.78. The fourth-order valence-electron chi connectivity index (χ4n) is 2.19. The van der Waals surface area contributed by atoms with Gasteiger partial charge in [-0.3, -0.25) is 9.59 Å². The molecule has 0 aliphatic rings. The number of hydrogen-bond donors (Lipinski definition) is 2. The van der Waals surface area contributed by atoms with E-state index in [9.17, 15) is 9.59 Å². The van der Waals surface area contributed by atoms with Gasteiger partial charge in [-0.1, -0.05) is 36.4 Å². The Hall–Kier alpha value is -2.95. The van der Waals surface area contributed by atoms with Gasteiger partial charge < -0.3 is 5.11 Å². The van der Waals surface area contributed by atoms with E-state index in [0.29, 0.717) is 11.3 Å². The van der Waals surface area contributed by atoms with Crippen LogP contribution in [-0.2, 0) is 4.79 Å². The van der Waals surface area contributed by atoms with Crippen molar-refractivity contribution in [1.29, 1.82) is 0 Å². The van der Waals surface area contributed by atoms with Crippen molar-refractivity contribution in [2.75, 3.05) is 0 Å². The highest BCUT2D eigenvalue weighted by atomic mass is 16.4. The number of carbonyl (C=O) groups is 2. The molecule has 2 rings (SSSR count). The van der Waals surface area contributed by atoms with Crippen molar-refractivity contribution in [1.82, 2.24) is 5.43 Å². The van der Waals surface area contributed by atoms with E-state index in [1.165, 1.54) is 0 Å². The average molecular weight is 324 g/mol. The van der Waals surface area contributed by atoms with Crippen LogP contribution in [0.2, 0.25) is 0 Å². The zero-order valence-electron chi connectivity index (χ0n) is 13.7. The van der Waals surface area contributed by atoms with Crippen LogP contribution in [0, 0.1) is 13.8 Å². The molecule has 2 N–H and O–H groups in total. The molecule has 0 saturated heterocycles. The molecule has 0 aliphatic carbocycles. The van der Waals surface area contributed by atoms with Crippen molar-refractivity contribution >= 4 is 17.6 Å². The van der Waals surface area contributed by atoms with Crippen molar-refractivity contribution in [2.24, 2.45) is 5.10 Å². The van der Waals surface area contributed by atoms with Gasteiger partial charge in [-0.05, 0) is 42.7 Å². The first-order valence-corrected chi connectivity index (χ1v) is 7.68. The third-order valence-corrected chi connectivity index (χ3v) is 3.74. The van der Waals surface area contributed by atoms with Crippen LogP contribution in [0.5, 0.6) is 0 Å². The lowest BCUT2D eigenvalue weighted by Crippen LogP contribution is -2.20. The van der Waals surface area contributed by atoms with Gasteiger partial charge in [-0.2, -0.15) is 5.10 Å². The van der Waals surface area contributed by atoms with E-state index in [-0.39, 0.29) is 18.7 Å². The minimum Gasteiger partial charge on any atom is -0.481 e. The molecule has 0 fully saturated rings. The molecule has 0 spiro atoms. The molecule has 0 radical (unpaired) electrons. The number of aryl methyl sites for hydroxylation is 2. The summed E-state index contributed by atoms with van der Waals surface area (Å²) in [7, 11) is 0. The van der Waals surface area contributed by atoms with Gasteiger partial charge >= 0.3 is 5.97 Å². The van der Waals surface area contributed by atoms with Gasteiger partial charge in [-0.15, -0.1) is 0 Å². The predicted octanol–water partition coefficient (Wildman–Crippen LogP) is 3.30. The fourth-order valence-corrected chi connectivity index (χ4v) is 2.19. The zero-order chi connectivity index (χ0) is 17.5. The number of rotatable bonds is 6. The normalized spacial score (nSPS) is 11.2. The van der Waals surface area contributed by atoms with Crippen LogP contribution in [0.15, 0.2) is 53.6 Å². The van der Waals surface area contributed by atoms with Crippen LogP contribution in [0.3, 0.4) is 0 Å². The van der Waals surface area contributed by atoms with E-state index in [2.05, 4.69) is 10.5 Å². The van der Waals surface area contributed by atoms with Gasteiger partial charge in [0.1, 0.15) is 0 Å². The van der Waals surface area contributed by atoms with Crippen LogP contribution in [0.1, 0.15) is 39.9 Å². The number of carbonyl (C=O) groups excluding carboxylic acids is 1. The second-order valence-electron chi connectivity index (χ2n) is 5.56. The quantitative estimate of drug-likeness (QED) is 0.632. The topological polar surface area (TPSA) is 78.8 Å². The highest BCUT2D eigenvalue weighted by Gasteiger charge is 2.09. The average Bonchev–Trinajstić information content (AvgIpc) is 2.57. The number of hydrogen-bond acceptors (Lipinski definition) is 3. The Morgan fingerprint density at radius 1 is 0.958 bits per heavy atom. The lowest BCUT2D eigenvalue weighted by atomic mass is 10.1. The molecular weight excluding hydrogens is 304 g/mol. The van der Waals surface area contributed by atoms with Crippen LogP contribution >= 0.6 is 0 Å². The molecule has 1 amide bonds. The molecule has 5 heteroatoms. The van der Waals surface area contributed by atoms with Crippen molar-refractivity contribution < 1.29 is 14.7 Å². The Morgan fingerprint density at radius 3 is 2.29 bits per heavy atom. The first-order chi connectivity index (χ1) is 11.5. The Labute approximate surface area is 141 Å². The molecule has 2 aromatic carbocycles. The molecule has 5 nitrogen and oxygen atoms in total. The molecular formula is C19H20N2O3. The molecule has 2 aromatic rings. The van der Waals surface area contributed by atoms with E-state index < -0.39 is 5.97 Å². The molecule has 0 atom stereocenters. The van der Waals surface area contributed by atoms with Crippen molar-refractivity contribution in [3.8, 4) is 0 Å². The molecule has 0 unspecified atom stereocenters. The monoisotopic (exact) mass is 324 g/mol. The highest BCUT2D eigenvalue weighted by Crippen LogP contribution is 2.10. The maximum Gasteiger partial charge on any atom is 0.303 e. The second-order valence-corrected chi connectivity index (χ2v) is 5.56. The summed E-state index contributed by atoms with van der Waals surface area (Å²) in [6.07, 6.45) is 0.194. The summed E-state index contributed by atoms with van der Waals surface area (Å²) in [5.74, 6) is -1.22. The standard InChI is InChI=1S/C19H20N2O3/c1-13-8-9-16(12-14(13)2)19(24)21-20-17(10-11-18(22)23)15-6-4-3-5-7-15/h3-9,12H,10-11H2,1-2H3,(H,21,24)(H,22,23)/b20-17+. The van der Waals surface area contributed by atoms with Crippen LogP contribution in [0.4, 0.5) is 0 Å². The number of nitrogens with zero attached hydrogens (tertiary/aromatic N) is 1. The van der Waals surface area contributed by atoms with Gasteiger partial charge in [0.05, 0.1) is 12.1 Å². The first-order valence-electron chi connectivity index (χ1n) is 7.68. The predicted molar refractivity (Wildman–Crippen MR) is 93.2 cm³/mol. The largest absolute Gasteiger partial charge is 0.481 e. The number of nitrogens with one attached hydrogen (secondary N) is 1. The summed E-state index contributed by atoms with van der Waals surface area (Å²) < 4.78 is 0. The van der Waals surface area contributed by atoms with Crippen LogP contribution < -0.4 is 5.43 Å². The van der Waals surface area contributed by atoms with Crippen molar-refractivity contribution in [2.45, 2.75) is 26.7 Å². The summed E-state index contributed by atoms with van der Waals surface area (Å²) in [6.45, 7) is 3.92. The molecule has 24 heavy (non-hydrogen) atoms. The Morgan fingerprint density at radius 2 is 1.67 bits per heavy atom. The van der Waals surface area contributed by atoms with Gasteiger partial charge in [0, 0.05) is 12.0 Å². The van der Waals surface area contributed by atoms with E-state index in [1.807, 2.05) is 50.2 Å². The van der Waals surface area contributed by atoms with Crippen LogP contribution in [-0.4, -0.2) is 22.7 Å². The summed E-state index contributed by atoms with van der Waals surface area (Å²) in [4.78, 5) is 23.1. The maximum absolute atomic E-state index is 12.2. The molecule has 0 bridgehead atoms. The summed E-state index contributed by atoms with van der Waals surface area (Å²) in [5.41, 5.74) is 6.51. The summed E-state index contributed by atoms with van der Waals surface area (Å²) in [6, 6.07) is 14.7. The smallest absolute Gasteiger partial charge is 0.303 e. The third-order valence-electron chi connectivity index (χ3n) is 3.74. The molecule has 0 heterocycles. The fraction of sp³-hybridized carbons (Fsp3) is 0.211. The van der Waals surface area contributed by atoms with Crippen molar-refractivity contribution in [3.63, 3.8) is 0 Å². The minimum absolute atomic E-state index is 0.0484. The number of carboxylic acids is 1. The van der Waals surface area contributed by atoms with Crippen LogP contribution in [0.25, 0.3) is 0 Å². The molecule has 124 valence electrons. The first kappa shape index (κ1) is 17.4. The van der Waals surface area contributed by atoms with E-state index in [0.717, 1.165) is 16.7 Å². The zero-order valence-corrected chi connectivity index (χ0v) is 13.7. The number of amides is 1. The van der Waals surface area contributed by atoms with Gasteiger partial charge in [-0.25, -0.2) is 5.43 Å². The summed E-state index contributed by atoms with van der Waals surface area (Å²) >= 11 is 0. The Kier molecular flexibility index (Phi) is 5.84. The second kappa shape index (κ2) is 8.06. The number of benzene rings is 2. The summed E-state index contributed by atoms with van der Waals surface area (Å²) in [5, 5.41) is 13.0. The number of hydrazone groups is 1. The highest BCUT2D eigenvalue weighted by molar-refractivity contribution is 6.03. The lowest BCUT2D eigenvalue weighted by Gasteiger charge is -2.07. The molecule has 0 aliphatic heterocycles. The molecule has 0 aromatic heterocycles. The number of aliphatic carboxylic acids is 1. The van der Waals surface area contributed by atoms with Crippen molar-refractivity contribution in [3.05, 3.63) is 70.8 Å². The van der Waals surface area contributed by atoms with Gasteiger partial charge in [0.15, 0.2) is 0 Å². The maximum atomic E-state index is 12.2. The van der Waals surface area contributed by atoms with E-state index in [4.69, 9.17) is 5.11 Å². The van der Waals surface area contributed by atoms with E-state index >= 15 is 0 Å². The minimum atomic E-state index is -0.904. The lowest BCUT2D eigenvalue weighted by molar-refractivity contribution is -0.136. The van der Waals surface area contributed by atoms with Gasteiger partial charge in [0.25, 0.3) is 5.91 Å². The van der Waals surface area contributed by atoms with E-state index in [1.54, 1.807) is 12.1 Å². The molecule has 0 saturated carbocycles.